The minimum absolute atomic E-state index is 0.200. The van der Waals surface area contributed by atoms with Gasteiger partial charge in [-0.1, -0.05) is 58.4 Å². The SMILES string of the molecule is O=C(C1=C(Nc2ccc(F)cc2)C(=O)N(CCCc2ncc[nH]2)C1c1ccc(Br)cc1)c1ccccc1. The van der Waals surface area contributed by atoms with Gasteiger partial charge in [0.25, 0.3) is 5.91 Å². The van der Waals surface area contributed by atoms with Gasteiger partial charge < -0.3 is 15.2 Å². The van der Waals surface area contributed by atoms with Gasteiger partial charge in [-0.15, -0.1) is 0 Å². The lowest BCUT2D eigenvalue weighted by Crippen LogP contribution is -2.33. The summed E-state index contributed by atoms with van der Waals surface area (Å²) in [6.45, 7) is 0.417. The number of carbonyl (C=O) groups is 2. The van der Waals surface area contributed by atoms with Gasteiger partial charge in [-0.05, 0) is 48.4 Å². The summed E-state index contributed by atoms with van der Waals surface area (Å²) in [7, 11) is 0. The van der Waals surface area contributed by atoms with E-state index in [1.807, 2.05) is 30.3 Å². The molecule has 2 heterocycles. The van der Waals surface area contributed by atoms with Crippen LogP contribution < -0.4 is 5.32 Å². The molecule has 0 bridgehead atoms. The van der Waals surface area contributed by atoms with Crippen LogP contribution in [0.1, 0.15) is 34.2 Å². The van der Waals surface area contributed by atoms with Gasteiger partial charge in [0.05, 0.1) is 11.6 Å². The molecule has 0 aliphatic carbocycles. The Hall–Kier alpha value is -4.04. The number of H-pyrrole nitrogens is 1. The van der Waals surface area contributed by atoms with Crippen molar-refractivity contribution < 1.29 is 14.0 Å². The predicted molar refractivity (Wildman–Crippen MR) is 143 cm³/mol. The molecule has 1 unspecified atom stereocenters. The lowest BCUT2D eigenvalue weighted by Gasteiger charge is -2.27. The number of aromatic amines is 1. The molecule has 0 saturated carbocycles. The van der Waals surface area contributed by atoms with E-state index in [4.69, 9.17) is 0 Å². The van der Waals surface area contributed by atoms with Gasteiger partial charge in [0.2, 0.25) is 0 Å². The highest BCUT2D eigenvalue weighted by Crippen LogP contribution is 2.40. The van der Waals surface area contributed by atoms with E-state index in [9.17, 15) is 14.0 Å². The van der Waals surface area contributed by atoms with Crippen LogP contribution >= 0.6 is 15.9 Å². The van der Waals surface area contributed by atoms with Gasteiger partial charge in [-0.2, -0.15) is 0 Å². The normalized spacial score (nSPS) is 15.4. The van der Waals surface area contributed by atoms with Crippen molar-refractivity contribution in [2.45, 2.75) is 18.9 Å². The average molecular weight is 559 g/mol. The maximum absolute atomic E-state index is 13.9. The van der Waals surface area contributed by atoms with Crippen LogP contribution in [-0.2, 0) is 11.2 Å². The van der Waals surface area contributed by atoms with E-state index in [0.29, 0.717) is 36.2 Å². The predicted octanol–water partition coefficient (Wildman–Crippen LogP) is 6.08. The third-order valence-corrected chi connectivity index (χ3v) is 6.81. The monoisotopic (exact) mass is 558 g/mol. The fourth-order valence-corrected chi connectivity index (χ4v) is 4.79. The Kier molecular flexibility index (Phi) is 7.28. The Morgan fingerprint density at radius 3 is 2.43 bits per heavy atom. The summed E-state index contributed by atoms with van der Waals surface area (Å²) in [5, 5.41) is 3.14. The fraction of sp³-hybridized carbons (Fsp3) is 0.138. The maximum atomic E-state index is 13.9. The largest absolute Gasteiger partial charge is 0.351 e. The van der Waals surface area contributed by atoms with Crippen molar-refractivity contribution in [1.29, 1.82) is 0 Å². The van der Waals surface area contributed by atoms with Crippen molar-refractivity contribution in [3.63, 3.8) is 0 Å². The minimum atomic E-state index is -0.590. The van der Waals surface area contributed by atoms with Gasteiger partial charge >= 0.3 is 0 Å². The van der Waals surface area contributed by atoms with E-state index >= 15 is 0 Å². The zero-order valence-electron chi connectivity index (χ0n) is 19.8. The van der Waals surface area contributed by atoms with E-state index in [2.05, 4.69) is 31.2 Å². The molecule has 0 fully saturated rings. The summed E-state index contributed by atoms with van der Waals surface area (Å²) in [6, 6.07) is 21.7. The summed E-state index contributed by atoms with van der Waals surface area (Å²) >= 11 is 3.47. The first-order valence-electron chi connectivity index (χ1n) is 11.9. The zero-order chi connectivity index (χ0) is 25.8. The summed E-state index contributed by atoms with van der Waals surface area (Å²) in [4.78, 5) is 37.0. The summed E-state index contributed by atoms with van der Waals surface area (Å²) < 4.78 is 14.5. The number of nitrogens with zero attached hydrogens (tertiary/aromatic N) is 2. The number of imidazole rings is 1. The quantitative estimate of drug-likeness (QED) is 0.244. The molecule has 5 rings (SSSR count). The zero-order valence-corrected chi connectivity index (χ0v) is 21.4. The number of hydrogen-bond donors (Lipinski definition) is 2. The highest BCUT2D eigenvalue weighted by molar-refractivity contribution is 9.10. The average Bonchev–Trinajstić information content (AvgIpc) is 3.53. The molecule has 1 atom stereocenters. The van der Waals surface area contributed by atoms with Gasteiger partial charge in [-0.25, -0.2) is 9.37 Å². The highest BCUT2D eigenvalue weighted by Gasteiger charge is 2.43. The van der Waals surface area contributed by atoms with E-state index in [1.54, 1.807) is 53.7 Å². The third kappa shape index (κ3) is 5.39. The van der Waals surface area contributed by atoms with Crippen LogP contribution in [0.5, 0.6) is 0 Å². The molecule has 4 aromatic rings. The van der Waals surface area contributed by atoms with E-state index < -0.39 is 6.04 Å². The topological polar surface area (TPSA) is 78.1 Å². The molecule has 8 heteroatoms. The molecule has 1 aliphatic rings. The van der Waals surface area contributed by atoms with Crippen molar-refractivity contribution in [3.8, 4) is 0 Å². The number of aryl methyl sites for hydroxylation is 1. The van der Waals surface area contributed by atoms with Gasteiger partial charge in [0, 0.05) is 41.1 Å². The smallest absolute Gasteiger partial charge is 0.271 e. The summed E-state index contributed by atoms with van der Waals surface area (Å²) in [6.07, 6.45) is 4.78. The molecule has 2 N–H and O–H groups in total. The van der Waals surface area contributed by atoms with E-state index in [0.717, 1.165) is 15.9 Å². The fourth-order valence-electron chi connectivity index (χ4n) is 4.52. The molecule has 1 aliphatic heterocycles. The molecule has 0 spiro atoms. The first-order chi connectivity index (χ1) is 18.0. The number of halogens is 2. The molecule has 3 aromatic carbocycles. The standard InChI is InChI=1S/C29H24BrFN4O2/c30-21-10-8-19(9-11-21)27-25(28(36)20-5-2-1-3-6-20)26(34-23-14-12-22(31)13-15-23)29(37)35(27)18-4-7-24-32-16-17-33-24/h1-3,5-6,8-17,27,34H,4,7,18H2,(H,32,33). The number of rotatable bonds is 9. The van der Waals surface area contributed by atoms with Crippen molar-refractivity contribution in [2.75, 3.05) is 11.9 Å². The Labute approximate surface area is 222 Å². The van der Waals surface area contributed by atoms with Crippen LogP contribution in [-0.4, -0.2) is 33.1 Å². The molecular formula is C29H24BrFN4O2. The molecule has 1 amide bonds. The highest BCUT2D eigenvalue weighted by atomic mass is 79.9. The second-order valence-corrected chi connectivity index (χ2v) is 9.62. The van der Waals surface area contributed by atoms with Crippen molar-refractivity contribution in [1.82, 2.24) is 14.9 Å². The Bertz CT molecular complexity index is 1420. The first-order valence-corrected chi connectivity index (χ1v) is 12.7. The summed E-state index contributed by atoms with van der Waals surface area (Å²) in [5.74, 6) is -0.0637. The Balaban J connectivity index is 1.58. The Morgan fingerprint density at radius 2 is 1.76 bits per heavy atom. The molecule has 6 nitrogen and oxygen atoms in total. The van der Waals surface area contributed by atoms with Crippen molar-refractivity contribution in [3.05, 3.63) is 130 Å². The first kappa shape index (κ1) is 24.6. The molecule has 186 valence electrons. The lowest BCUT2D eigenvalue weighted by atomic mass is 9.92. The number of ketones is 1. The van der Waals surface area contributed by atoms with Crippen LogP contribution in [0.2, 0.25) is 0 Å². The van der Waals surface area contributed by atoms with E-state index in [1.165, 1.54) is 12.1 Å². The number of aromatic nitrogens is 2. The van der Waals surface area contributed by atoms with Gasteiger partial charge in [0.1, 0.15) is 17.3 Å². The molecular weight excluding hydrogens is 535 g/mol. The van der Waals surface area contributed by atoms with Crippen LogP contribution in [0, 0.1) is 5.82 Å². The van der Waals surface area contributed by atoms with Gasteiger partial charge in [-0.3, -0.25) is 9.59 Å². The Morgan fingerprint density at radius 1 is 1.03 bits per heavy atom. The number of carbonyl (C=O) groups excluding carboxylic acids is 2. The molecule has 0 saturated heterocycles. The number of Topliss-reactive ketones (excluding diaryl/α,β-unsaturated/α-hetero) is 1. The number of anilines is 1. The number of hydrogen-bond acceptors (Lipinski definition) is 4. The van der Waals surface area contributed by atoms with Crippen LogP contribution in [0.25, 0.3) is 0 Å². The van der Waals surface area contributed by atoms with Crippen molar-refractivity contribution in [2.24, 2.45) is 0 Å². The molecule has 1 aromatic heterocycles. The second kappa shape index (κ2) is 10.9. The van der Waals surface area contributed by atoms with Crippen LogP contribution in [0.4, 0.5) is 10.1 Å². The maximum Gasteiger partial charge on any atom is 0.271 e. The number of nitrogens with one attached hydrogen (secondary N) is 2. The summed E-state index contributed by atoms with van der Waals surface area (Å²) in [5.41, 5.74) is 2.40. The molecule has 37 heavy (non-hydrogen) atoms. The van der Waals surface area contributed by atoms with Crippen molar-refractivity contribution >= 4 is 33.3 Å². The van der Waals surface area contributed by atoms with E-state index in [-0.39, 0.29) is 23.2 Å². The van der Waals surface area contributed by atoms with Crippen LogP contribution in [0.15, 0.2) is 107 Å². The third-order valence-electron chi connectivity index (χ3n) is 6.28. The number of benzene rings is 3. The van der Waals surface area contributed by atoms with Gasteiger partial charge in [0.15, 0.2) is 5.78 Å². The van der Waals surface area contributed by atoms with Crippen LogP contribution in [0.3, 0.4) is 0 Å². The minimum Gasteiger partial charge on any atom is -0.351 e. The second-order valence-electron chi connectivity index (χ2n) is 8.71. The number of amides is 1. The lowest BCUT2D eigenvalue weighted by molar-refractivity contribution is -0.127. The molecule has 0 radical (unpaired) electrons.